The molecule has 136 valence electrons. The maximum Gasteiger partial charge on any atom is 0.306 e. The summed E-state index contributed by atoms with van der Waals surface area (Å²) in [7, 11) is 0. The van der Waals surface area contributed by atoms with Gasteiger partial charge in [-0.15, -0.1) is 0 Å². The Morgan fingerprint density at radius 1 is 1.08 bits per heavy atom. The molecular weight excluding hydrogens is 340 g/mol. The molecule has 1 aliphatic heterocycles. The first-order valence-electron chi connectivity index (χ1n) is 8.44. The standard InChI is InChI=1S/C20H19F2NO3/c1-12-11-23(9-8-16(12)20(25)26)19(24)17-7-4-14(10-18(17)22)13-2-5-15(21)6-3-13/h2-7,10,12,16H,8-9,11H2,1H3,(H,25,26). The second-order valence-corrected chi connectivity index (χ2v) is 6.66. The van der Waals surface area contributed by atoms with Crippen molar-refractivity contribution in [2.24, 2.45) is 11.8 Å². The van der Waals surface area contributed by atoms with Crippen LogP contribution in [0.1, 0.15) is 23.7 Å². The van der Waals surface area contributed by atoms with E-state index in [4.69, 9.17) is 5.11 Å². The molecule has 1 fully saturated rings. The summed E-state index contributed by atoms with van der Waals surface area (Å²) in [5.41, 5.74) is 1.16. The molecule has 1 amide bonds. The van der Waals surface area contributed by atoms with Crippen LogP contribution in [0.2, 0.25) is 0 Å². The van der Waals surface area contributed by atoms with Crippen molar-refractivity contribution < 1.29 is 23.5 Å². The van der Waals surface area contributed by atoms with E-state index < -0.39 is 23.6 Å². The first kappa shape index (κ1) is 18.0. The zero-order valence-corrected chi connectivity index (χ0v) is 14.3. The number of halogens is 2. The molecule has 0 spiro atoms. The molecule has 0 radical (unpaired) electrons. The van der Waals surface area contributed by atoms with Crippen LogP contribution in [-0.2, 0) is 4.79 Å². The number of carboxylic acids is 1. The van der Waals surface area contributed by atoms with Gasteiger partial charge in [0, 0.05) is 13.1 Å². The molecular formula is C20H19F2NO3. The van der Waals surface area contributed by atoms with Gasteiger partial charge < -0.3 is 10.0 Å². The number of piperidine rings is 1. The Bertz CT molecular complexity index is 835. The lowest BCUT2D eigenvalue weighted by Gasteiger charge is -2.35. The Hall–Kier alpha value is -2.76. The number of hydrogen-bond donors (Lipinski definition) is 1. The highest BCUT2D eigenvalue weighted by Crippen LogP contribution is 2.27. The van der Waals surface area contributed by atoms with Crippen molar-refractivity contribution in [3.8, 4) is 11.1 Å². The smallest absolute Gasteiger partial charge is 0.306 e. The van der Waals surface area contributed by atoms with Crippen LogP contribution in [0.15, 0.2) is 42.5 Å². The fourth-order valence-electron chi connectivity index (χ4n) is 3.38. The van der Waals surface area contributed by atoms with Crippen molar-refractivity contribution in [3.63, 3.8) is 0 Å². The quantitative estimate of drug-likeness (QED) is 0.907. The highest BCUT2D eigenvalue weighted by atomic mass is 19.1. The van der Waals surface area contributed by atoms with Crippen LogP contribution in [0, 0.1) is 23.5 Å². The molecule has 1 heterocycles. The van der Waals surface area contributed by atoms with Crippen LogP contribution < -0.4 is 0 Å². The number of carbonyl (C=O) groups excluding carboxylic acids is 1. The molecule has 3 rings (SSSR count). The third kappa shape index (κ3) is 3.59. The van der Waals surface area contributed by atoms with Gasteiger partial charge in [-0.2, -0.15) is 0 Å². The van der Waals surface area contributed by atoms with E-state index in [-0.39, 0.29) is 23.8 Å². The van der Waals surface area contributed by atoms with Gasteiger partial charge in [-0.05, 0) is 47.7 Å². The monoisotopic (exact) mass is 359 g/mol. The SMILES string of the molecule is CC1CN(C(=O)c2ccc(-c3ccc(F)cc3)cc2F)CCC1C(=O)O. The van der Waals surface area contributed by atoms with Gasteiger partial charge in [-0.1, -0.05) is 25.1 Å². The normalized spacial score (nSPS) is 20.0. The largest absolute Gasteiger partial charge is 0.481 e. The molecule has 4 nitrogen and oxygen atoms in total. The Labute approximate surface area is 150 Å². The van der Waals surface area contributed by atoms with Gasteiger partial charge in [-0.3, -0.25) is 9.59 Å². The maximum absolute atomic E-state index is 14.5. The molecule has 2 unspecified atom stereocenters. The minimum Gasteiger partial charge on any atom is -0.481 e. The third-order valence-corrected chi connectivity index (χ3v) is 4.89. The summed E-state index contributed by atoms with van der Waals surface area (Å²) in [6, 6.07) is 9.98. The minimum atomic E-state index is -0.862. The summed E-state index contributed by atoms with van der Waals surface area (Å²) >= 11 is 0. The highest BCUT2D eigenvalue weighted by Gasteiger charge is 2.33. The van der Waals surface area contributed by atoms with Crippen LogP contribution in [0.3, 0.4) is 0 Å². The van der Waals surface area contributed by atoms with Crippen molar-refractivity contribution in [2.75, 3.05) is 13.1 Å². The van der Waals surface area contributed by atoms with Gasteiger partial charge in [0.2, 0.25) is 0 Å². The van der Waals surface area contributed by atoms with Crippen molar-refractivity contribution in [2.45, 2.75) is 13.3 Å². The van der Waals surface area contributed by atoms with Crippen molar-refractivity contribution >= 4 is 11.9 Å². The molecule has 0 aliphatic carbocycles. The molecule has 1 saturated heterocycles. The number of likely N-dealkylation sites (tertiary alicyclic amines) is 1. The van der Waals surface area contributed by atoms with E-state index >= 15 is 0 Å². The zero-order valence-electron chi connectivity index (χ0n) is 14.3. The lowest BCUT2D eigenvalue weighted by atomic mass is 9.86. The fraction of sp³-hybridized carbons (Fsp3) is 0.300. The van der Waals surface area contributed by atoms with Crippen LogP contribution >= 0.6 is 0 Å². The maximum atomic E-state index is 14.5. The lowest BCUT2D eigenvalue weighted by molar-refractivity contribution is -0.145. The Kier molecular flexibility index (Phi) is 5.02. The number of nitrogens with zero attached hydrogens (tertiary/aromatic N) is 1. The van der Waals surface area contributed by atoms with Gasteiger partial charge >= 0.3 is 5.97 Å². The molecule has 2 aromatic carbocycles. The van der Waals surface area contributed by atoms with Crippen LogP contribution in [0.5, 0.6) is 0 Å². The number of rotatable bonds is 3. The number of carbonyl (C=O) groups is 2. The average Bonchev–Trinajstić information content (AvgIpc) is 2.61. The first-order valence-corrected chi connectivity index (χ1v) is 8.44. The van der Waals surface area contributed by atoms with E-state index in [9.17, 15) is 18.4 Å². The second kappa shape index (κ2) is 7.23. The summed E-state index contributed by atoms with van der Waals surface area (Å²) in [5, 5.41) is 9.16. The summed E-state index contributed by atoms with van der Waals surface area (Å²) in [5.74, 6) is -3.00. The van der Waals surface area contributed by atoms with E-state index in [2.05, 4.69) is 0 Å². The minimum absolute atomic E-state index is 0.0446. The van der Waals surface area contributed by atoms with Crippen LogP contribution in [0.25, 0.3) is 11.1 Å². The van der Waals surface area contributed by atoms with E-state index in [0.29, 0.717) is 24.1 Å². The van der Waals surface area contributed by atoms with E-state index in [1.165, 1.54) is 29.2 Å². The predicted molar refractivity (Wildman–Crippen MR) is 92.6 cm³/mol. The summed E-state index contributed by atoms with van der Waals surface area (Å²) in [6.45, 7) is 2.36. The Morgan fingerprint density at radius 2 is 1.73 bits per heavy atom. The van der Waals surface area contributed by atoms with Crippen molar-refractivity contribution in [1.82, 2.24) is 4.90 Å². The molecule has 2 aromatic rings. The van der Waals surface area contributed by atoms with E-state index in [1.54, 1.807) is 25.1 Å². The van der Waals surface area contributed by atoms with Gasteiger partial charge in [0.15, 0.2) is 0 Å². The summed E-state index contributed by atoms with van der Waals surface area (Å²) < 4.78 is 27.5. The number of hydrogen-bond acceptors (Lipinski definition) is 2. The Balaban J connectivity index is 1.78. The first-order chi connectivity index (χ1) is 12.4. The molecule has 0 saturated carbocycles. The average molecular weight is 359 g/mol. The second-order valence-electron chi connectivity index (χ2n) is 6.66. The zero-order chi connectivity index (χ0) is 18.8. The predicted octanol–water partition coefficient (Wildman–Crippen LogP) is 3.81. The number of benzene rings is 2. The van der Waals surface area contributed by atoms with E-state index in [0.717, 1.165) is 0 Å². The summed E-state index contributed by atoms with van der Waals surface area (Å²) in [6.07, 6.45) is 0.359. The van der Waals surface area contributed by atoms with Crippen molar-refractivity contribution in [1.29, 1.82) is 0 Å². The molecule has 1 aliphatic rings. The Morgan fingerprint density at radius 3 is 2.31 bits per heavy atom. The third-order valence-electron chi connectivity index (χ3n) is 4.89. The lowest BCUT2D eigenvalue weighted by Crippen LogP contribution is -2.45. The molecule has 2 atom stereocenters. The van der Waals surface area contributed by atoms with E-state index in [1.807, 2.05) is 0 Å². The highest BCUT2D eigenvalue weighted by molar-refractivity contribution is 5.95. The van der Waals surface area contributed by atoms with Crippen LogP contribution in [-0.4, -0.2) is 35.0 Å². The number of aliphatic carboxylic acids is 1. The van der Waals surface area contributed by atoms with Gasteiger partial charge in [0.05, 0.1) is 11.5 Å². The fourth-order valence-corrected chi connectivity index (χ4v) is 3.38. The molecule has 0 bridgehead atoms. The molecule has 6 heteroatoms. The van der Waals surface area contributed by atoms with Gasteiger partial charge in [0.25, 0.3) is 5.91 Å². The number of amides is 1. The van der Waals surface area contributed by atoms with Gasteiger partial charge in [-0.25, -0.2) is 8.78 Å². The number of carboxylic acid groups (broad SMARTS) is 1. The molecule has 1 N–H and O–H groups in total. The molecule has 0 aromatic heterocycles. The summed E-state index contributed by atoms with van der Waals surface area (Å²) in [4.78, 5) is 25.3. The van der Waals surface area contributed by atoms with Crippen molar-refractivity contribution in [3.05, 3.63) is 59.7 Å². The molecule has 26 heavy (non-hydrogen) atoms. The topological polar surface area (TPSA) is 57.6 Å². The van der Waals surface area contributed by atoms with Crippen LogP contribution in [0.4, 0.5) is 8.78 Å². The van der Waals surface area contributed by atoms with Gasteiger partial charge in [0.1, 0.15) is 11.6 Å².